The van der Waals surface area contributed by atoms with Crippen LogP contribution in [-0.4, -0.2) is 59.8 Å². The summed E-state index contributed by atoms with van der Waals surface area (Å²) in [7, 11) is 0. The zero-order chi connectivity index (χ0) is 20.8. The van der Waals surface area contributed by atoms with Gasteiger partial charge in [-0.2, -0.15) is 0 Å². The third kappa shape index (κ3) is 7.72. The smallest absolute Gasteiger partial charge is 0.252 e. The van der Waals surface area contributed by atoms with E-state index in [0.717, 1.165) is 25.7 Å². The molecule has 0 heterocycles. The van der Waals surface area contributed by atoms with Gasteiger partial charge in [-0.3, -0.25) is 4.79 Å². The minimum Gasteiger partial charge on any atom is -0.493 e. The number of carbonyl (C=O) groups excluding carboxylic acids is 1. The fourth-order valence-electron chi connectivity index (χ4n) is 2.29. The van der Waals surface area contributed by atoms with Gasteiger partial charge in [0.25, 0.3) is 5.91 Å². The van der Waals surface area contributed by atoms with Crippen molar-refractivity contribution in [3.8, 4) is 11.5 Å². The highest BCUT2D eigenvalue weighted by atomic mass is 16.5. The summed E-state index contributed by atoms with van der Waals surface area (Å²) < 4.78 is 11.4. The molecule has 0 bridgehead atoms. The molecule has 28 heavy (non-hydrogen) atoms. The van der Waals surface area contributed by atoms with E-state index in [1.807, 2.05) is 0 Å². The van der Waals surface area contributed by atoms with Crippen molar-refractivity contribution in [1.82, 2.24) is 5.32 Å². The van der Waals surface area contributed by atoms with Gasteiger partial charge in [-0.15, -0.1) is 13.2 Å². The number of aliphatic hydroxyl groups excluding tert-OH is 3. The molecule has 0 unspecified atom stereocenters. The second kappa shape index (κ2) is 12.9. The number of rotatable bonds is 15. The lowest BCUT2D eigenvalue weighted by Crippen LogP contribution is -2.57. The number of unbranched alkanes of at least 4 members (excludes halogenated alkanes) is 2. The van der Waals surface area contributed by atoms with E-state index in [1.54, 1.807) is 30.4 Å². The molecule has 1 rings (SSSR count). The van der Waals surface area contributed by atoms with E-state index < -0.39 is 31.3 Å². The van der Waals surface area contributed by atoms with Gasteiger partial charge in [-0.05, 0) is 37.8 Å². The van der Waals surface area contributed by atoms with Crippen LogP contribution in [0.1, 0.15) is 36.0 Å². The van der Waals surface area contributed by atoms with Crippen molar-refractivity contribution < 1.29 is 29.6 Å². The first-order valence-corrected chi connectivity index (χ1v) is 9.31. The number of hydrogen-bond donors (Lipinski definition) is 4. The van der Waals surface area contributed by atoms with E-state index in [4.69, 9.17) is 9.47 Å². The van der Waals surface area contributed by atoms with Crippen LogP contribution in [0, 0.1) is 0 Å². The Morgan fingerprint density at radius 1 is 0.929 bits per heavy atom. The van der Waals surface area contributed by atoms with Crippen molar-refractivity contribution in [2.45, 2.75) is 31.2 Å². The molecule has 1 aromatic carbocycles. The fraction of sp³-hybridized carbons (Fsp3) is 0.476. The molecule has 4 N–H and O–H groups in total. The predicted octanol–water partition coefficient (Wildman–Crippen LogP) is 1.82. The van der Waals surface area contributed by atoms with Crippen LogP contribution in [-0.2, 0) is 0 Å². The van der Waals surface area contributed by atoms with Crippen LogP contribution in [0.3, 0.4) is 0 Å². The molecule has 7 heteroatoms. The molecule has 0 aliphatic rings. The number of benzene rings is 1. The summed E-state index contributed by atoms with van der Waals surface area (Å²) >= 11 is 0. The van der Waals surface area contributed by atoms with Gasteiger partial charge >= 0.3 is 0 Å². The monoisotopic (exact) mass is 393 g/mol. The third-order valence-corrected chi connectivity index (χ3v) is 4.07. The average molecular weight is 393 g/mol. The molecule has 7 nitrogen and oxygen atoms in total. The maximum absolute atomic E-state index is 12.6. The number of carbonyl (C=O) groups is 1. The first-order chi connectivity index (χ1) is 13.5. The normalized spacial score (nSPS) is 11.0. The van der Waals surface area contributed by atoms with Gasteiger partial charge < -0.3 is 30.1 Å². The molecule has 0 aromatic heterocycles. The van der Waals surface area contributed by atoms with Gasteiger partial charge in [0.1, 0.15) is 17.0 Å². The summed E-state index contributed by atoms with van der Waals surface area (Å²) in [5.74, 6) is 0.376. The lowest BCUT2D eigenvalue weighted by Gasteiger charge is -2.28. The lowest BCUT2D eigenvalue weighted by atomic mass is 10.0. The molecular weight excluding hydrogens is 362 g/mol. The van der Waals surface area contributed by atoms with Crippen molar-refractivity contribution in [3.63, 3.8) is 0 Å². The largest absolute Gasteiger partial charge is 0.493 e. The number of amides is 1. The van der Waals surface area contributed by atoms with Crippen molar-refractivity contribution in [1.29, 1.82) is 0 Å². The van der Waals surface area contributed by atoms with Crippen LogP contribution in [0.2, 0.25) is 0 Å². The van der Waals surface area contributed by atoms with Gasteiger partial charge in [0, 0.05) is 11.6 Å². The Labute approximate surface area is 166 Å². The standard InChI is InChI=1S/C21H31NO6/c1-3-5-7-9-27-18-11-17(12-19(13-18)28-10-8-6-4-2)20(26)22-21(14-23,15-24)16-25/h3-4,11-13,23-25H,1-2,5-10,14-16H2,(H,22,26). The van der Waals surface area contributed by atoms with E-state index in [0.29, 0.717) is 24.7 Å². The van der Waals surface area contributed by atoms with Crippen LogP contribution in [0.4, 0.5) is 0 Å². The number of nitrogens with one attached hydrogen (secondary N) is 1. The SMILES string of the molecule is C=CCCCOc1cc(OCCCC=C)cc(C(=O)NC(CO)(CO)CO)c1. The molecule has 1 aromatic rings. The Morgan fingerprint density at radius 2 is 1.39 bits per heavy atom. The summed E-state index contributed by atoms with van der Waals surface area (Å²) in [6.45, 7) is 6.44. The molecule has 0 saturated carbocycles. The molecule has 0 aliphatic heterocycles. The molecule has 0 spiro atoms. The zero-order valence-corrected chi connectivity index (χ0v) is 16.2. The second-order valence-corrected chi connectivity index (χ2v) is 6.46. The summed E-state index contributed by atoms with van der Waals surface area (Å²) in [4.78, 5) is 12.6. The van der Waals surface area contributed by atoms with Gasteiger partial charge in [-0.1, -0.05) is 12.2 Å². The summed E-state index contributed by atoms with van der Waals surface area (Å²) in [5, 5.41) is 30.7. The van der Waals surface area contributed by atoms with E-state index in [1.165, 1.54) is 0 Å². The Morgan fingerprint density at radius 3 is 1.79 bits per heavy atom. The van der Waals surface area contributed by atoms with Crippen molar-refractivity contribution in [2.75, 3.05) is 33.0 Å². The van der Waals surface area contributed by atoms with Crippen molar-refractivity contribution in [3.05, 3.63) is 49.1 Å². The minimum absolute atomic E-state index is 0.236. The molecule has 0 fully saturated rings. The molecule has 1 amide bonds. The van der Waals surface area contributed by atoms with Gasteiger partial charge in [0.15, 0.2) is 0 Å². The van der Waals surface area contributed by atoms with Crippen LogP contribution >= 0.6 is 0 Å². The third-order valence-electron chi connectivity index (χ3n) is 4.07. The highest BCUT2D eigenvalue weighted by molar-refractivity contribution is 5.95. The molecule has 0 atom stereocenters. The first-order valence-electron chi connectivity index (χ1n) is 9.31. The van der Waals surface area contributed by atoms with Crippen LogP contribution in [0.5, 0.6) is 11.5 Å². The molecule has 0 radical (unpaired) electrons. The number of hydrogen-bond acceptors (Lipinski definition) is 6. The Bertz CT molecular complexity index is 585. The highest BCUT2D eigenvalue weighted by Gasteiger charge is 2.30. The predicted molar refractivity (Wildman–Crippen MR) is 108 cm³/mol. The Hall–Kier alpha value is -2.35. The number of aliphatic hydroxyl groups is 3. The summed E-state index contributed by atoms with van der Waals surface area (Å²) in [6.07, 6.45) is 6.82. The van der Waals surface area contributed by atoms with E-state index in [-0.39, 0.29) is 5.56 Å². The average Bonchev–Trinajstić information content (AvgIpc) is 2.72. The maximum atomic E-state index is 12.6. The zero-order valence-electron chi connectivity index (χ0n) is 16.2. The molecule has 0 saturated heterocycles. The molecule has 0 aliphatic carbocycles. The van der Waals surface area contributed by atoms with Crippen LogP contribution in [0.15, 0.2) is 43.5 Å². The van der Waals surface area contributed by atoms with E-state index >= 15 is 0 Å². The van der Waals surface area contributed by atoms with Crippen LogP contribution in [0.25, 0.3) is 0 Å². The van der Waals surface area contributed by atoms with E-state index in [2.05, 4.69) is 18.5 Å². The van der Waals surface area contributed by atoms with E-state index in [9.17, 15) is 20.1 Å². The molecular formula is C21H31NO6. The van der Waals surface area contributed by atoms with Crippen molar-refractivity contribution >= 4 is 5.91 Å². The van der Waals surface area contributed by atoms with Gasteiger partial charge in [-0.25, -0.2) is 0 Å². The number of allylic oxidation sites excluding steroid dienone is 2. The fourth-order valence-corrected chi connectivity index (χ4v) is 2.29. The summed E-state index contributed by atoms with van der Waals surface area (Å²) in [5.41, 5.74) is -1.28. The quantitative estimate of drug-likeness (QED) is 0.267. The lowest BCUT2D eigenvalue weighted by molar-refractivity contribution is 0.0375. The Kier molecular flexibility index (Phi) is 10.9. The second-order valence-electron chi connectivity index (χ2n) is 6.46. The Balaban J connectivity index is 2.97. The van der Waals surface area contributed by atoms with Gasteiger partial charge in [0.2, 0.25) is 0 Å². The molecule has 156 valence electrons. The topological polar surface area (TPSA) is 108 Å². The summed E-state index contributed by atoms with van der Waals surface area (Å²) in [6, 6.07) is 4.81. The minimum atomic E-state index is -1.51. The highest BCUT2D eigenvalue weighted by Crippen LogP contribution is 2.24. The number of ether oxygens (including phenoxy) is 2. The van der Waals surface area contributed by atoms with Crippen LogP contribution < -0.4 is 14.8 Å². The first kappa shape index (κ1) is 23.7. The maximum Gasteiger partial charge on any atom is 0.252 e. The van der Waals surface area contributed by atoms with Gasteiger partial charge in [0.05, 0.1) is 33.0 Å². The van der Waals surface area contributed by atoms with Crippen molar-refractivity contribution in [2.24, 2.45) is 0 Å².